The molecule has 1 aromatic carbocycles. The lowest BCUT2D eigenvalue weighted by Gasteiger charge is -2.29. The molecule has 24 heavy (non-hydrogen) atoms. The highest BCUT2D eigenvalue weighted by Crippen LogP contribution is 2.29. The number of fused-ring (bicyclic) bond motifs is 3. The molecule has 3 aromatic rings. The maximum Gasteiger partial charge on any atom is 0.255 e. The molecule has 4 rings (SSSR count). The van der Waals surface area contributed by atoms with Gasteiger partial charge in [0.1, 0.15) is 5.82 Å². The fourth-order valence-electron chi connectivity index (χ4n) is 3.22. The van der Waals surface area contributed by atoms with Gasteiger partial charge in [-0.25, -0.2) is 4.98 Å². The largest absolute Gasteiger partial charge is 0.373 e. The maximum absolute atomic E-state index is 12.7. The van der Waals surface area contributed by atoms with Crippen molar-refractivity contribution in [3.05, 3.63) is 58.9 Å². The molecule has 0 spiro atoms. The van der Waals surface area contributed by atoms with Crippen molar-refractivity contribution in [1.82, 2.24) is 14.5 Å². The molecule has 2 aromatic heterocycles. The number of amides is 1. The van der Waals surface area contributed by atoms with E-state index in [1.807, 2.05) is 29.2 Å². The zero-order chi connectivity index (χ0) is 16.7. The number of hydrogen-bond acceptors (Lipinski definition) is 3. The molecule has 1 aliphatic heterocycles. The number of carbonyl (C=O) groups excluding carboxylic acids is 1. The molecule has 0 radical (unpaired) electrons. The minimum atomic E-state index is 0.00718. The van der Waals surface area contributed by atoms with E-state index in [2.05, 4.69) is 27.0 Å². The van der Waals surface area contributed by atoms with E-state index in [1.54, 1.807) is 13.2 Å². The van der Waals surface area contributed by atoms with Gasteiger partial charge in [0.2, 0.25) is 0 Å². The number of carbonyl (C=O) groups is 1. The SMILES string of the molecule is CNc1ccc(C(=O)N2CCn3c(cc4c(Cl)cccc43)C2)cn1. The van der Waals surface area contributed by atoms with Crippen molar-refractivity contribution in [1.29, 1.82) is 0 Å². The van der Waals surface area contributed by atoms with E-state index in [-0.39, 0.29) is 5.91 Å². The van der Waals surface area contributed by atoms with E-state index >= 15 is 0 Å². The van der Waals surface area contributed by atoms with Gasteiger partial charge in [0.25, 0.3) is 5.91 Å². The highest BCUT2D eigenvalue weighted by molar-refractivity contribution is 6.35. The van der Waals surface area contributed by atoms with Crippen LogP contribution in [-0.4, -0.2) is 34.0 Å². The van der Waals surface area contributed by atoms with E-state index in [0.29, 0.717) is 18.7 Å². The molecular formula is C18H17ClN4O. The van der Waals surface area contributed by atoms with Gasteiger partial charge in [-0.15, -0.1) is 0 Å². The van der Waals surface area contributed by atoms with E-state index in [9.17, 15) is 4.79 Å². The Hall–Kier alpha value is -2.53. The maximum atomic E-state index is 12.7. The monoisotopic (exact) mass is 340 g/mol. The van der Waals surface area contributed by atoms with Crippen molar-refractivity contribution in [3.63, 3.8) is 0 Å². The standard InChI is InChI=1S/C18H17ClN4O/c1-20-17-6-5-12(10-21-17)18(24)22-7-8-23-13(11-22)9-14-15(19)3-2-4-16(14)23/h2-6,9-10H,7-8,11H2,1H3,(H,20,21). The lowest BCUT2D eigenvalue weighted by Crippen LogP contribution is -2.38. The zero-order valence-electron chi connectivity index (χ0n) is 13.3. The fraction of sp³-hybridized carbons (Fsp3) is 0.222. The van der Waals surface area contributed by atoms with Gasteiger partial charge in [0.15, 0.2) is 0 Å². The molecule has 1 aliphatic rings. The molecule has 0 unspecified atom stereocenters. The Kier molecular flexibility index (Phi) is 3.65. The van der Waals surface area contributed by atoms with Crippen LogP contribution in [0.2, 0.25) is 5.02 Å². The molecule has 0 saturated carbocycles. The van der Waals surface area contributed by atoms with E-state index < -0.39 is 0 Å². The van der Waals surface area contributed by atoms with Gasteiger partial charge in [-0.2, -0.15) is 0 Å². The molecule has 0 aliphatic carbocycles. The van der Waals surface area contributed by atoms with Crippen molar-refractivity contribution in [3.8, 4) is 0 Å². The summed E-state index contributed by atoms with van der Waals surface area (Å²) in [5, 5.41) is 4.75. The Morgan fingerprint density at radius 2 is 2.12 bits per heavy atom. The number of nitrogens with one attached hydrogen (secondary N) is 1. The molecule has 5 nitrogen and oxygen atoms in total. The summed E-state index contributed by atoms with van der Waals surface area (Å²) in [6.45, 7) is 2.03. The predicted octanol–water partition coefficient (Wildman–Crippen LogP) is 3.39. The first-order chi connectivity index (χ1) is 11.7. The Bertz CT molecular complexity index is 917. The summed E-state index contributed by atoms with van der Waals surface area (Å²) in [5.74, 6) is 0.757. The number of benzene rings is 1. The van der Waals surface area contributed by atoms with E-state index in [1.165, 1.54) is 0 Å². The summed E-state index contributed by atoms with van der Waals surface area (Å²) in [7, 11) is 1.80. The summed E-state index contributed by atoms with van der Waals surface area (Å²) in [6.07, 6.45) is 1.62. The van der Waals surface area contributed by atoms with Gasteiger partial charge >= 0.3 is 0 Å². The average Bonchev–Trinajstić information content (AvgIpc) is 3.00. The number of anilines is 1. The smallest absolute Gasteiger partial charge is 0.255 e. The van der Waals surface area contributed by atoms with Crippen LogP contribution in [0.4, 0.5) is 5.82 Å². The lowest BCUT2D eigenvalue weighted by molar-refractivity contribution is 0.0712. The Morgan fingerprint density at radius 3 is 2.88 bits per heavy atom. The molecule has 0 saturated heterocycles. The summed E-state index contributed by atoms with van der Waals surface area (Å²) in [4.78, 5) is 18.8. The van der Waals surface area contributed by atoms with Gasteiger partial charge in [0, 0.05) is 48.0 Å². The minimum absolute atomic E-state index is 0.00718. The first-order valence-corrected chi connectivity index (χ1v) is 8.25. The quantitative estimate of drug-likeness (QED) is 0.778. The second-order valence-electron chi connectivity index (χ2n) is 5.87. The molecule has 0 bridgehead atoms. The van der Waals surface area contributed by atoms with Crippen LogP contribution in [0.15, 0.2) is 42.6 Å². The van der Waals surface area contributed by atoms with Gasteiger partial charge < -0.3 is 14.8 Å². The molecule has 0 fully saturated rings. The van der Waals surface area contributed by atoms with Crippen LogP contribution < -0.4 is 5.32 Å². The third-order valence-corrected chi connectivity index (χ3v) is 4.81. The number of nitrogens with zero attached hydrogens (tertiary/aromatic N) is 3. The molecule has 3 heterocycles. The topological polar surface area (TPSA) is 50.2 Å². The first kappa shape index (κ1) is 15.0. The van der Waals surface area contributed by atoms with Crippen LogP contribution in [0, 0.1) is 0 Å². The van der Waals surface area contributed by atoms with Crippen LogP contribution >= 0.6 is 11.6 Å². The van der Waals surface area contributed by atoms with Crippen molar-refractivity contribution in [2.45, 2.75) is 13.1 Å². The minimum Gasteiger partial charge on any atom is -0.373 e. The van der Waals surface area contributed by atoms with E-state index in [0.717, 1.165) is 34.0 Å². The average molecular weight is 341 g/mol. The molecule has 1 amide bonds. The molecule has 122 valence electrons. The molecular weight excluding hydrogens is 324 g/mol. The number of halogens is 1. The first-order valence-electron chi connectivity index (χ1n) is 7.87. The van der Waals surface area contributed by atoms with Crippen molar-refractivity contribution >= 4 is 34.2 Å². The second-order valence-corrected chi connectivity index (χ2v) is 6.28. The van der Waals surface area contributed by atoms with Crippen LogP contribution in [0.5, 0.6) is 0 Å². The van der Waals surface area contributed by atoms with Gasteiger partial charge in [-0.1, -0.05) is 17.7 Å². The summed E-state index contributed by atoms with van der Waals surface area (Å²) in [6, 6.07) is 11.6. The summed E-state index contributed by atoms with van der Waals surface area (Å²) < 4.78 is 2.24. The number of hydrogen-bond donors (Lipinski definition) is 1. The molecule has 6 heteroatoms. The van der Waals surface area contributed by atoms with Gasteiger partial charge in [0.05, 0.1) is 12.1 Å². The Labute approximate surface area is 144 Å². The van der Waals surface area contributed by atoms with Crippen LogP contribution in [0.25, 0.3) is 10.9 Å². The highest BCUT2D eigenvalue weighted by atomic mass is 35.5. The third kappa shape index (κ3) is 2.41. The lowest BCUT2D eigenvalue weighted by atomic mass is 10.2. The highest BCUT2D eigenvalue weighted by Gasteiger charge is 2.24. The predicted molar refractivity (Wildman–Crippen MR) is 95.5 cm³/mol. The van der Waals surface area contributed by atoms with Crippen LogP contribution in [0.1, 0.15) is 16.1 Å². The van der Waals surface area contributed by atoms with Crippen molar-refractivity contribution in [2.24, 2.45) is 0 Å². The Balaban J connectivity index is 1.62. The summed E-state index contributed by atoms with van der Waals surface area (Å²) >= 11 is 6.29. The van der Waals surface area contributed by atoms with Crippen molar-refractivity contribution in [2.75, 3.05) is 18.9 Å². The molecule has 1 N–H and O–H groups in total. The number of pyridine rings is 1. The van der Waals surface area contributed by atoms with Crippen LogP contribution in [-0.2, 0) is 13.1 Å². The normalized spacial score (nSPS) is 13.8. The molecule has 0 atom stereocenters. The number of rotatable bonds is 2. The summed E-state index contributed by atoms with van der Waals surface area (Å²) in [5.41, 5.74) is 2.85. The van der Waals surface area contributed by atoms with Crippen molar-refractivity contribution < 1.29 is 4.79 Å². The van der Waals surface area contributed by atoms with E-state index in [4.69, 9.17) is 11.6 Å². The fourth-order valence-corrected chi connectivity index (χ4v) is 3.44. The number of aromatic nitrogens is 2. The third-order valence-electron chi connectivity index (χ3n) is 4.48. The van der Waals surface area contributed by atoms with Gasteiger partial charge in [-0.3, -0.25) is 4.79 Å². The van der Waals surface area contributed by atoms with Crippen LogP contribution in [0.3, 0.4) is 0 Å². The zero-order valence-corrected chi connectivity index (χ0v) is 14.0. The second kappa shape index (κ2) is 5.83. The Morgan fingerprint density at radius 1 is 1.25 bits per heavy atom. The van der Waals surface area contributed by atoms with Gasteiger partial charge in [-0.05, 0) is 30.3 Å².